The van der Waals surface area contributed by atoms with Gasteiger partial charge in [-0.3, -0.25) is 48.5 Å². The average molecular weight is 845 g/mol. The smallest absolute Gasteiger partial charge is 0.266 e. The fourth-order valence-corrected chi connectivity index (χ4v) is 8.36. The molecule has 1 fully saturated rings. The minimum atomic E-state index is -1.07. The van der Waals surface area contributed by atoms with Crippen molar-refractivity contribution in [3.63, 3.8) is 0 Å². The van der Waals surface area contributed by atoms with Gasteiger partial charge in [0, 0.05) is 34.0 Å². The van der Waals surface area contributed by atoms with Gasteiger partial charge in [-0.15, -0.1) is 21.5 Å². The molecule has 0 saturated carbocycles. The van der Waals surface area contributed by atoms with Crippen LogP contribution in [0.15, 0.2) is 47.5 Å². The lowest BCUT2D eigenvalue weighted by molar-refractivity contribution is -0.136. The molecular weight excluding hydrogens is 804 g/mol. The van der Waals surface area contributed by atoms with Gasteiger partial charge in [0.25, 0.3) is 11.8 Å². The van der Waals surface area contributed by atoms with Gasteiger partial charge < -0.3 is 24.8 Å². The molecule has 2 aromatic carbocycles. The van der Waals surface area contributed by atoms with Gasteiger partial charge in [0.15, 0.2) is 5.82 Å². The molecule has 2 atom stereocenters. The lowest BCUT2D eigenvalue weighted by Crippen LogP contribution is -2.54. The number of nitrogens with one attached hydrogen (secondary N) is 3. The molecule has 4 aromatic rings. The maximum absolute atomic E-state index is 13.2. The molecule has 0 aliphatic carbocycles. The summed E-state index contributed by atoms with van der Waals surface area (Å²) in [5.74, 6) is -1.77. The summed E-state index contributed by atoms with van der Waals surface area (Å²) >= 11 is 7.81. The van der Waals surface area contributed by atoms with E-state index in [2.05, 4.69) is 40.0 Å². The Bertz CT molecular complexity index is 2360. The number of hydrogen-bond acceptors (Lipinski definition) is 13. The van der Waals surface area contributed by atoms with Gasteiger partial charge in [-0.25, -0.2) is 0 Å². The highest BCUT2D eigenvalue weighted by Gasteiger charge is 2.46. The van der Waals surface area contributed by atoms with Crippen LogP contribution >= 0.6 is 22.9 Å². The van der Waals surface area contributed by atoms with Crippen LogP contribution in [0.4, 0.5) is 0 Å². The van der Waals surface area contributed by atoms with Crippen LogP contribution in [0.25, 0.3) is 5.00 Å². The topological polar surface area (TPSA) is 213 Å². The predicted octanol–water partition coefficient (Wildman–Crippen LogP) is 2.94. The Morgan fingerprint density at radius 3 is 2.41 bits per heavy atom. The first-order chi connectivity index (χ1) is 28.4. The van der Waals surface area contributed by atoms with Crippen LogP contribution in [0.3, 0.4) is 0 Å². The maximum Gasteiger partial charge on any atom is 0.266 e. The van der Waals surface area contributed by atoms with E-state index in [9.17, 15) is 28.8 Å². The van der Waals surface area contributed by atoms with Crippen LogP contribution < -0.4 is 20.7 Å². The molecule has 0 bridgehead atoms. The summed E-state index contributed by atoms with van der Waals surface area (Å²) in [5.41, 5.74) is 3.80. The minimum Gasteiger partial charge on any atom is -0.490 e. The van der Waals surface area contributed by atoms with Crippen LogP contribution in [-0.2, 0) is 28.7 Å². The highest BCUT2D eigenvalue weighted by molar-refractivity contribution is 7.15. The summed E-state index contributed by atoms with van der Waals surface area (Å²) in [6.45, 7) is 6.84. The van der Waals surface area contributed by atoms with E-state index >= 15 is 0 Å². The molecule has 6 amide bonds. The molecule has 17 nitrogen and oxygen atoms in total. The highest BCUT2D eigenvalue weighted by Crippen LogP contribution is 2.40. The number of hydrogen-bond donors (Lipinski definition) is 3. The molecule has 2 aromatic heterocycles. The zero-order valence-corrected chi connectivity index (χ0v) is 34.0. The third-order valence-corrected chi connectivity index (χ3v) is 11.5. The lowest BCUT2D eigenvalue weighted by atomic mass is 9.99. The third-order valence-electron chi connectivity index (χ3n) is 10.0. The standard InChI is InChI=1S/C40H41ClN8O9S/c1-21-22(2)59-40-33(21)35(24-7-9-25(41)10-8-24)44-27(36-47-46-23(3)48(36)40)19-31(51)43-20-32(52)42-13-14-56-15-16-57-17-18-58-29-6-4-5-26-34(29)39(55)49(38(26)54)28-11-12-30(50)45-37(28)53/h4-10,27-28H,11-20H2,1-3H3,(H,42,52)(H,43,51)(H,45,50,53)/t27-,28?/m0/s1. The Morgan fingerprint density at radius 1 is 0.898 bits per heavy atom. The molecule has 19 heteroatoms. The van der Waals surface area contributed by atoms with E-state index in [1.165, 1.54) is 6.07 Å². The van der Waals surface area contributed by atoms with E-state index in [-0.39, 0.29) is 94.1 Å². The number of rotatable bonds is 16. The van der Waals surface area contributed by atoms with Crippen molar-refractivity contribution in [3.8, 4) is 10.8 Å². The molecule has 1 saturated heterocycles. The number of piperidine rings is 1. The van der Waals surface area contributed by atoms with Crippen molar-refractivity contribution in [2.45, 2.75) is 52.1 Å². The Hall–Kier alpha value is -5.82. The number of benzene rings is 2. The Kier molecular flexibility index (Phi) is 12.6. The first-order valence-electron chi connectivity index (χ1n) is 19.0. The second-order valence-electron chi connectivity index (χ2n) is 13.9. The quantitative estimate of drug-likeness (QED) is 0.110. The third kappa shape index (κ3) is 8.80. The van der Waals surface area contributed by atoms with E-state index in [4.69, 9.17) is 30.8 Å². The number of aryl methyl sites for hydroxylation is 2. The van der Waals surface area contributed by atoms with Gasteiger partial charge in [0.05, 0.1) is 56.2 Å². The number of carbonyl (C=O) groups excluding carboxylic acids is 6. The molecule has 3 N–H and O–H groups in total. The molecule has 59 heavy (non-hydrogen) atoms. The zero-order chi connectivity index (χ0) is 41.8. The Balaban J connectivity index is 0.816. The number of aliphatic imine (C=N–C) groups is 1. The summed E-state index contributed by atoms with van der Waals surface area (Å²) in [7, 11) is 0. The highest BCUT2D eigenvalue weighted by atomic mass is 35.5. The summed E-state index contributed by atoms with van der Waals surface area (Å²) in [6.07, 6.45) is 0.0259. The van der Waals surface area contributed by atoms with Crippen LogP contribution in [0.5, 0.6) is 5.75 Å². The average Bonchev–Trinajstić information content (AvgIpc) is 3.79. The Labute approximate surface area is 347 Å². The van der Waals surface area contributed by atoms with Gasteiger partial charge in [-0.2, -0.15) is 0 Å². The van der Waals surface area contributed by atoms with Crippen molar-refractivity contribution >= 4 is 64.1 Å². The van der Waals surface area contributed by atoms with E-state index in [0.717, 1.165) is 37.2 Å². The summed E-state index contributed by atoms with van der Waals surface area (Å²) < 4.78 is 18.8. The number of thiophene rings is 1. The number of amides is 6. The van der Waals surface area contributed by atoms with Gasteiger partial charge >= 0.3 is 0 Å². The second-order valence-corrected chi connectivity index (χ2v) is 15.6. The Morgan fingerprint density at radius 2 is 1.64 bits per heavy atom. The minimum absolute atomic E-state index is 0.0263. The van der Waals surface area contributed by atoms with Crippen molar-refractivity contribution < 1.29 is 43.0 Å². The van der Waals surface area contributed by atoms with Crippen LogP contribution in [0.1, 0.15) is 79.2 Å². The lowest BCUT2D eigenvalue weighted by Gasteiger charge is -2.27. The first kappa shape index (κ1) is 41.3. The number of halogens is 1. The summed E-state index contributed by atoms with van der Waals surface area (Å²) in [5, 5.41) is 17.8. The van der Waals surface area contributed by atoms with E-state index in [1.807, 2.05) is 23.6 Å². The van der Waals surface area contributed by atoms with Crippen molar-refractivity contribution in [2.75, 3.05) is 46.1 Å². The van der Waals surface area contributed by atoms with Crippen molar-refractivity contribution in [1.82, 2.24) is 35.6 Å². The summed E-state index contributed by atoms with van der Waals surface area (Å²) in [4.78, 5) is 83.0. The fourth-order valence-electron chi connectivity index (χ4n) is 7.02. The van der Waals surface area contributed by atoms with Gasteiger partial charge in [0.1, 0.15) is 35.3 Å². The molecular formula is C40H41ClN8O9S. The molecule has 1 unspecified atom stereocenters. The zero-order valence-electron chi connectivity index (χ0n) is 32.5. The van der Waals surface area contributed by atoms with Gasteiger partial charge in [0.2, 0.25) is 23.6 Å². The number of ether oxygens (including phenoxy) is 3. The number of aromatic nitrogens is 3. The largest absolute Gasteiger partial charge is 0.490 e. The molecule has 7 rings (SSSR count). The number of nitrogens with zero attached hydrogens (tertiary/aromatic N) is 5. The van der Waals surface area contributed by atoms with E-state index in [0.29, 0.717) is 16.7 Å². The van der Waals surface area contributed by atoms with Gasteiger partial charge in [-0.1, -0.05) is 29.8 Å². The molecule has 3 aliphatic rings. The first-order valence-corrected chi connectivity index (χ1v) is 20.1. The van der Waals surface area contributed by atoms with Crippen molar-refractivity contribution in [2.24, 2.45) is 4.99 Å². The normalized spacial score (nSPS) is 17.2. The van der Waals surface area contributed by atoms with Crippen LogP contribution in [-0.4, -0.2) is 113 Å². The van der Waals surface area contributed by atoms with Crippen molar-refractivity contribution in [3.05, 3.63) is 91.8 Å². The fraction of sp³-hybridized carbons (Fsp3) is 0.375. The SMILES string of the molecule is Cc1sc2c(c1C)C(c1ccc(Cl)cc1)=N[C@@H](CC(=O)NCC(=O)NCCOCCOCCOc1cccc3c1C(=O)N(C1CCC(=O)NC1=O)C3=O)c1nnc(C)n1-2. The van der Waals surface area contributed by atoms with E-state index in [1.54, 1.807) is 35.6 Å². The van der Waals surface area contributed by atoms with Crippen molar-refractivity contribution in [1.29, 1.82) is 0 Å². The second kappa shape index (κ2) is 18.0. The molecule has 0 spiro atoms. The van der Waals surface area contributed by atoms with Crippen LogP contribution in [0, 0.1) is 20.8 Å². The molecule has 0 radical (unpaired) electrons. The molecule has 308 valence electrons. The van der Waals surface area contributed by atoms with Gasteiger partial charge in [-0.05, 0) is 57.0 Å². The number of carbonyl (C=O) groups is 6. The number of imide groups is 2. The number of fused-ring (bicyclic) bond motifs is 4. The van der Waals surface area contributed by atoms with Crippen LogP contribution in [0.2, 0.25) is 5.02 Å². The maximum atomic E-state index is 13.2. The predicted molar refractivity (Wildman–Crippen MR) is 214 cm³/mol. The summed E-state index contributed by atoms with van der Waals surface area (Å²) in [6, 6.07) is 10.3. The molecule has 3 aliphatic heterocycles. The monoisotopic (exact) mass is 844 g/mol. The molecule has 5 heterocycles. The van der Waals surface area contributed by atoms with E-state index < -0.39 is 35.7 Å².